The van der Waals surface area contributed by atoms with Crippen LogP contribution in [-0.2, 0) is 0 Å². The zero-order valence-electron chi connectivity index (χ0n) is 10.4. The lowest BCUT2D eigenvalue weighted by atomic mass is 10.2. The van der Waals surface area contributed by atoms with Crippen molar-refractivity contribution in [1.29, 1.82) is 0 Å². The van der Waals surface area contributed by atoms with Crippen LogP contribution in [0.4, 0.5) is 10.5 Å². The first-order valence-corrected chi connectivity index (χ1v) is 5.90. The number of anilines is 1. The summed E-state index contributed by atoms with van der Waals surface area (Å²) in [5, 5.41) is 11.6. The predicted molar refractivity (Wildman–Crippen MR) is 69.1 cm³/mol. The summed E-state index contributed by atoms with van der Waals surface area (Å²) in [5.41, 5.74) is 1.92. The fraction of sp³-hybridized carbons (Fsp3) is 0.462. The third-order valence-electron chi connectivity index (χ3n) is 2.52. The van der Waals surface area contributed by atoms with E-state index in [2.05, 4.69) is 5.32 Å². The summed E-state index contributed by atoms with van der Waals surface area (Å²) in [7, 11) is 0. The maximum atomic E-state index is 11.9. The molecule has 0 saturated heterocycles. The van der Waals surface area contributed by atoms with Crippen molar-refractivity contribution in [3.05, 3.63) is 29.8 Å². The smallest absolute Gasteiger partial charge is 0.321 e. The molecule has 0 spiro atoms. The minimum atomic E-state index is -0.119. The molecule has 4 nitrogen and oxygen atoms in total. The number of carbonyl (C=O) groups excluding carboxylic acids is 1. The molecular formula is C13H20N2O2. The maximum absolute atomic E-state index is 11.9. The number of amides is 2. The zero-order valence-corrected chi connectivity index (χ0v) is 10.4. The molecule has 4 heteroatoms. The minimum Gasteiger partial charge on any atom is -0.396 e. The number of hydrogen-bond donors (Lipinski definition) is 2. The Morgan fingerprint density at radius 1 is 1.47 bits per heavy atom. The van der Waals surface area contributed by atoms with Gasteiger partial charge in [-0.05, 0) is 38.0 Å². The van der Waals surface area contributed by atoms with Gasteiger partial charge >= 0.3 is 6.03 Å². The largest absolute Gasteiger partial charge is 0.396 e. The fourth-order valence-electron chi connectivity index (χ4n) is 1.59. The van der Waals surface area contributed by atoms with E-state index in [0.717, 1.165) is 11.3 Å². The number of hydrogen-bond acceptors (Lipinski definition) is 2. The van der Waals surface area contributed by atoms with Gasteiger partial charge in [0.1, 0.15) is 0 Å². The normalized spacial score (nSPS) is 10.1. The first-order chi connectivity index (χ1) is 8.17. The van der Waals surface area contributed by atoms with Gasteiger partial charge in [-0.25, -0.2) is 4.79 Å². The topological polar surface area (TPSA) is 52.6 Å². The summed E-state index contributed by atoms with van der Waals surface area (Å²) in [4.78, 5) is 13.6. The van der Waals surface area contributed by atoms with Gasteiger partial charge in [-0.3, -0.25) is 0 Å². The predicted octanol–water partition coefficient (Wildman–Crippen LogP) is 2.23. The Labute approximate surface area is 102 Å². The first kappa shape index (κ1) is 13.5. The van der Waals surface area contributed by atoms with E-state index in [4.69, 9.17) is 5.11 Å². The van der Waals surface area contributed by atoms with Gasteiger partial charge in [-0.2, -0.15) is 0 Å². The highest BCUT2D eigenvalue weighted by atomic mass is 16.3. The van der Waals surface area contributed by atoms with Gasteiger partial charge in [0.05, 0.1) is 0 Å². The molecule has 0 aliphatic heterocycles. The maximum Gasteiger partial charge on any atom is 0.321 e. The van der Waals surface area contributed by atoms with E-state index in [0.29, 0.717) is 19.5 Å². The van der Waals surface area contributed by atoms with Crippen molar-refractivity contribution in [3.8, 4) is 0 Å². The highest BCUT2D eigenvalue weighted by Crippen LogP contribution is 2.10. The molecule has 2 N–H and O–H groups in total. The summed E-state index contributed by atoms with van der Waals surface area (Å²) >= 11 is 0. The molecule has 0 radical (unpaired) electrons. The lowest BCUT2D eigenvalue weighted by Gasteiger charge is -2.21. The summed E-state index contributed by atoms with van der Waals surface area (Å²) in [6, 6.07) is 7.57. The van der Waals surface area contributed by atoms with Crippen LogP contribution in [0.2, 0.25) is 0 Å². The van der Waals surface area contributed by atoms with E-state index in [9.17, 15) is 4.79 Å². The molecule has 2 amide bonds. The molecule has 0 saturated carbocycles. The number of aliphatic hydroxyl groups is 1. The Morgan fingerprint density at radius 3 is 2.82 bits per heavy atom. The molecule has 0 aliphatic rings. The van der Waals surface area contributed by atoms with Crippen LogP contribution < -0.4 is 5.32 Å². The number of carbonyl (C=O) groups is 1. The number of nitrogens with one attached hydrogen (secondary N) is 1. The number of aliphatic hydroxyl groups excluding tert-OH is 1. The molecule has 0 atom stereocenters. The third kappa shape index (κ3) is 4.44. The Balaban J connectivity index is 2.57. The lowest BCUT2D eigenvalue weighted by Crippen LogP contribution is -2.35. The highest BCUT2D eigenvalue weighted by molar-refractivity contribution is 5.89. The van der Waals surface area contributed by atoms with Gasteiger partial charge in [-0.1, -0.05) is 12.1 Å². The van der Waals surface area contributed by atoms with Crippen molar-refractivity contribution >= 4 is 11.7 Å². The number of rotatable bonds is 5. The van der Waals surface area contributed by atoms with Crippen LogP contribution in [-0.4, -0.2) is 35.7 Å². The molecule has 1 rings (SSSR count). The molecule has 94 valence electrons. The Kier molecular flexibility index (Phi) is 5.49. The summed E-state index contributed by atoms with van der Waals surface area (Å²) in [6.45, 7) is 5.22. The van der Waals surface area contributed by atoms with Crippen LogP contribution in [0.5, 0.6) is 0 Å². The summed E-state index contributed by atoms with van der Waals surface area (Å²) in [5.74, 6) is 0. The van der Waals surface area contributed by atoms with E-state index < -0.39 is 0 Å². The molecule has 0 aromatic heterocycles. The molecule has 1 aromatic carbocycles. The van der Waals surface area contributed by atoms with Crippen molar-refractivity contribution in [2.45, 2.75) is 20.3 Å². The second-order valence-corrected chi connectivity index (χ2v) is 3.96. The Bertz CT molecular complexity index is 366. The number of urea groups is 1. The average molecular weight is 236 g/mol. The molecule has 1 aromatic rings. The Morgan fingerprint density at radius 2 is 2.24 bits per heavy atom. The van der Waals surface area contributed by atoms with Gasteiger partial charge < -0.3 is 15.3 Å². The second-order valence-electron chi connectivity index (χ2n) is 3.96. The fourth-order valence-corrected chi connectivity index (χ4v) is 1.59. The SMILES string of the molecule is CCN(CCCO)C(=O)Nc1cccc(C)c1. The summed E-state index contributed by atoms with van der Waals surface area (Å²) < 4.78 is 0. The van der Waals surface area contributed by atoms with E-state index in [-0.39, 0.29) is 12.6 Å². The standard InChI is InChI=1S/C13H20N2O2/c1-3-15(8-5-9-16)13(17)14-12-7-4-6-11(2)10-12/h4,6-7,10,16H,3,5,8-9H2,1-2H3,(H,14,17). The molecule has 17 heavy (non-hydrogen) atoms. The van der Waals surface area contributed by atoms with Crippen molar-refractivity contribution in [1.82, 2.24) is 4.90 Å². The highest BCUT2D eigenvalue weighted by Gasteiger charge is 2.10. The van der Waals surface area contributed by atoms with Crippen molar-refractivity contribution < 1.29 is 9.90 Å². The van der Waals surface area contributed by atoms with Gasteiger partial charge in [0.15, 0.2) is 0 Å². The van der Waals surface area contributed by atoms with E-state index in [1.54, 1.807) is 4.90 Å². The number of nitrogens with zero attached hydrogens (tertiary/aromatic N) is 1. The molecule has 0 aliphatic carbocycles. The molecule has 0 unspecified atom stereocenters. The van der Waals surface area contributed by atoms with Gasteiger partial charge in [0.25, 0.3) is 0 Å². The quantitative estimate of drug-likeness (QED) is 0.823. The Hall–Kier alpha value is -1.55. The lowest BCUT2D eigenvalue weighted by molar-refractivity contribution is 0.205. The third-order valence-corrected chi connectivity index (χ3v) is 2.52. The number of aryl methyl sites for hydroxylation is 1. The second kappa shape index (κ2) is 6.91. The van der Waals surface area contributed by atoms with Crippen LogP contribution in [0.1, 0.15) is 18.9 Å². The van der Waals surface area contributed by atoms with Gasteiger partial charge in [0.2, 0.25) is 0 Å². The monoisotopic (exact) mass is 236 g/mol. The van der Waals surface area contributed by atoms with Crippen molar-refractivity contribution in [2.75, 3.05) is 25.0 Å². The summed E-state index contributed by atoms with van der Waals surface area (Å²) in [6.07, 6.45) is 0.606. The molecular weight excluding hydrogens is 216 g/mol. The van der Waals surface area contributed by atoms with Crippen LogP contribution in [0, 0.1) is 6.92 Å². The van der Waals surface area contributed by atoms with Crippen LogP contribution in [0.25, 0.3) is 0 Å². The molecule has 0 bridgehead atoms. The van der Waals surface area contributed by atoms with E-state index in [1.165, 1.54) is 0 Å². The van der Waals surface area contributed by atoms with E-state index in [1.807, 2.05) is 38.1 Å². The van der Waals surface area contributed by atoms with Gasteiger partial charge in [0, 0.05) is 25.4 Å². The van der Waals surface area contributed by atoms with E-state index >= 15 is 0 Å². The zero-order chi connectivity index (χ0) is 12.7. The van der Waals surface area contributed by atoms with Crippen molar-refractivity contribution in [2.24, 2.45) is 0 Å². The minimum absolute atomic E-state index is 0.105. The first-order valence-electron chi connectivity index (χ1n) is 5.90. The average Bonchev–Trinajstić information content (AvgIpc) is 2.30. The number of benzene rings is 1. The molecule has 0 heterocycles. The molecule has 0 fully saturated rings. The van der Waals surface area contributed by atoms with Crippen molar-refractivity contribution in [3.63, 3.8) is 0 Å². The van der Waals surface area contributed by atoms with Crippen LogP contribution >= 0.6 is 0 Å². The van der Waals surface area contributed by atoms with Crippen LogP contribution in [0.15, 0.2) is 24.3 Å². The van der Waals surface area contributed by atoms with Gasteiger partial charge in [-0.15, -0.1) is 0 Å². The van der Waals surface area contributed by atoms with Crippen LogP contribution in [0.3, 0.4) is 0 Å².